The molecule has 2 amide bonds. The number of fused-ring (bicyclic) bond motifs is 5. The second kappa shape index (κ2) is 5.59. The summed E-state index contributed by atoms with van der Waals surface area (Å²) in [6.07, 6.45) is 0. The van der Waals surface area contributed by atoms with Crippen LogP contribution in [0.2, 0.25) is 0 Å². The molecule has 2 fully saturated rings. The zero-order valence-electron chi connectivity index (χ0n) is 15.4. The third-order valence-corrected chi connectivity index (χ3v) is 6.46. The van der Waals surface area contributed by atoms with Crippen molar-refractivity contribution in [1.82, 2.24) is 10.2 Å². The van der Waals surface area contributed by atoms with E-state index in [1.54, 1.807) is 6.92 Å². The van der Waals surface area contributed by atoms with Crippen molar-refractivity contribution >= 4 is 11.8 Å². The molecule has 0 aliphatic carbocycles. The topological polar surface area (TPSA) is 58.6 Å². The van der Waals surface area contributed by atoms with Crippen molar-refractivity contribution in [3.8, 4) is 5.75 Å². The predicted molar refractivity (Wildman–Crippen MR) is 100 cm³/mol. The molecule has 3 heterocycles. The fraction of sp³-hybridized carbons (Fsp3) is 0.364. The number of para-hydroxylation sites is 1. The SMILES string of the molecule is C[C@H]1NC(=O)[C@@]2(C)[C@@H](c3ccccc3)[C@H]3COc4ccccc4[C@@H]3N2C1=O. The highest BCUT2D eigenvalue weighted by Crippen LogP contribution is 2.59. The van der Waals surface area contributed by atoms with Crippen LogP contribution in [-0.2, 0) is 9.59 Å². The molecule has 1 N–H and O–H groups in total. The van der Waals surface area contributed by atoms with E-state index in [9.17, 15) is 9.59 Å². The molecule has 5 heteroatoms. The molecule has 138 valence electrons. The van der Waals surface area contributed by atoms with Crippen LogP contribution in [0.4, 0.5) is 0 Å². The van der Waals surface area contributed by atoms with Gasteiger partial charge in [-0.05, 0) is 25.5 Å². The van der Waals surface area contributed by atoms with E-state index < -0.39 is 11.6 Å². The number of ether oxygens (including phenoxy) is 1. The number of carbonyl (C=O) groups is 2. The monoisotopic (exact) mass is 362 g/mol. The van der Waals surface area contributed by atoms with Crippen molar-refractivity contribution in [3.05, 3.63) is 65.7 Å². The second-order valence-corrected chi connectivity index (χ2v) is 7.90. The minimum Gasteiger partial charge on any atom is -0.493 e. The number of carbonyl (C=O) groups excluding carboxylic acids is 2. The van der Waals surface area contributed by atoms with E-state index in [4.69, 9.17) is 4.74 Å². The number of benzene rings is 2. The summed E-state index contributed by atoms with van der Waals surface area (Å²) in [7, 11) is 0. The first-order valence-electron chi connectivity index (χ1n) is 9.44. The average Bonchev–Trinajstić information content (AvgIpc) is 2.97. The first kappa shape index (κ1) is 16.4. The first-order valence-corrected chi connectivity index (χ1v) is 9.44. The normalized spacial score (nSPS) is 34.2. The molecule has 2 aromatic rings. The van der Waals surface area contributed by atoms with Gasteiger partial charge in [-0.1, -0.05) is 48.5 Å². The summed E-state index contributed by atoms with van der Waals surface area (Å²) in [5, 5.41) is 2.90. The molecule has 5 rings (SSSR count). The van der Waals surface area contributed by atoms with E-state index in [-0.39, 0.29) is 29.7 Å². The minimum absolute atomic E-state index is 0.0206. The van der Waals surface area contributed by atoms with Gasteiger partial charge >= 0.3 is 0 Å². The zero-order chi connectivity index (χ0) is 18.8. The van der Waals surface area contributed by atoms with E-state index in [1.807, 2.05) is 66.4 Å². The van der Waals surface area contributed by atoms with Gasteiger partial charge in [0.1, 0.15) is 17.3 Å². The molecule has 27 heavy (non-hydrogen) atoms. The highest BCUT2D eigenvalue weighted by molar-refractivity contribution is 6.01. The number of nitrogens with one attached hydrogen (secondary N) is 1. The minimum atomic E-state index is -0.943. The first-order chi connectivity index (χ1) is 13.0. The largest absolute Gasteiger partial charge is 0.493 e. The lowest BCUT2D eigenvalue weighted by Gasteiger charge is -2.45. The number of rotatable bonds is 1. The molecule has 0 radical (unpaired) electrons. The highest BCUT2D eigenvalue weighted by atomic mass is 16.5. The van der Waals surface area contributed by atoms with E-state index in [1.165, 1.54) is 0 Å². The quantitative estimate of drug-likeness (QED) is 0.848. The van der Waals surface area contributed by atoms with Gasteiger partial charge in [-0.2, -0.15) is 0 Å². The zero-order valence-corrected chi connectivity index (χ0v) is 15.4. The van der Waals surface area contributed by atoms with E-state index in [2.05, 4.69) is 5.32 Å². The van der Waals surface area contributed by atoms with Gasteiger partial charge < -0.3 is 15.0 Å². The Bertz CT molecular complexity index is 928. The number of nitrogens with zero attached hydrogens (tertiary/aromatic N) is 1. The van der Waals surface area contributed by atoms with Gasteiger partial charge in [0, 0.05) is 17.4 Å². The summed E-state index contributed by atoms with van der Waals surface area (Å²) in [4.78, 5) is 28.4. The van der Waals surface area contributed by atoms with Crippen molar-refractivity contribution in [3.63, 3.8) is 0 Å². The maximum absolute atomic E-state index is 13.3. The third kappa shape index (κ3) is 2.05. The fourth-order valence-electron chi connectivity index (χ4n) is 5.29. The Morgan fingerprint density at radius 3 is 2.56 bits per heavy atom. The summed E-state index contributed by atoms with van der Waals surface area (Å²) in [6.45, 7) is 4.16. The summed E-state index contributed by atoms with van der Waals surface area (Å²) in [5.41, 5.74) is 1.12. The van der Waals surface area contributed by atoms with Crippen molar-refractivity contribution in [2.24, 2.45) is 5.92 Å². The summed E-state index contributed by atoms with van der Waals surface area (Å²) in [5.74, 6) is 0.583. The van der Waals surface area contributed by atoms with Gasteiger partial charge in [0.15, 0.2) is 0 Å². The molecule has 0 unspecified atom stereocenters. The molecule has 2 aromatic carbocycles. The lowest BCUT2D eigenvalue weighted by molar-refractivity contribution is -0.156. The van der Waals surface area contributed by atoms with Crippen molar-refractivity contribution < 1.29 is 14.3 Å². The van der Waals surface area contributed by atoms with Crippen molar-refractivity contribution in [1.29, 1.82) is 0 Å². The van der Waals surface area contributed by atoms with Crippen LogP contribution < -0.4 is 10.1 Å². The highest BCUT2D eigenvalue weighted by Gasteiger charge is 2.66. The maximum Gasteiger partial charge on any atom is 0.247 e. The molecule has 0 aromatic heterocycles. The molecule has 0 spiro atoms. The van der Waals surface area contributed by atoms with Crippen LogP contribution in [0.1, 0.15) is 36.9 Å². The van der Waals surface area contributed by atoms with Gasteiger partial charge in [0.2, 0.25) is 11.8 Å². The average molecular weight is 362 g/mol. The third-order valence-electron chi connectivity index (χ3n) is 6.46. The van der Waals surface area contributed by atoms with Crippen LogP contribution in [0.5, 0.6) is 5.75 Å². The Kier molecular flexibility index (Phi) is 3.39. The van der Waals surface area contributed by atoms with E-state index in [0.717, 1.165) is 16.9 Å². The molecular formula is C22H22N2O3. The van der Waals surface area contributed by atoms with Crippen LogP contribution in [-0.4, -0.2) is 34.9 Å². The van der Waals surface area contributed by atoms with Crippen molar-refractivity contribution in [2.75, 3.05) is 6.61 Å². The smallest absolute Gasteiger partial charge is 0.247 e. The van der Waals surface area contributed by atoms with Gasteiger partial charge in [0.05, 0.1) is 12.6 Å². The number of piperazine rings is 1. The predicted octanol–water partition coefficient (Wildman–Crippen LogP) is 2.64. The van der Waals surface area contributed by atoms with Crippen LogP contribution in [0.3, 0.4) is 0 Å². The standard InChI is InChI=1S/C22H22N2O3/c1-13-20(25)24-19-15-10-6-7-11-17(15)27-12-16(19)18(14-8-4-3-5-9-14)22(24,2)21(26)23-13/h3-11,13,16,18-19H,12H2,1-2H3,(H,23,26)/t13-,16-,18+,19+,22-/m1/s1. The van der Waals surface area contributed by atoms with E-state index >= 15 is 0 Å². The van der Waals surface area contributed by atoms with Gasteiger partial charge in [-0.25, -0.2) is 0 Å². The van der Waals surface area contributed by atoms with Crippen LogP contribution in [0, 0.1) is 5.92 Å². The lowest BCUT2D eigenvalue weighted by atomic mass is 9.73. The van der Waals surface area contributed by atoms with Crippen LogP contribution in [0.25, 0.3) is 0 Å². The van der Waals surface area contributed by atoms with Gasteiger partial charge in [0.25, 0.3) is 0 Å². The van der Waals surface area contributed by atoms with Gasteiger partial charge in [-0.3, -0.25) is 9.59 Å². The molecule has 0 bridgehead atoms. The van der Waals surface area contributed by atoms with Crippen LogP contribution >= 0.6 is 0 Å². The van der Waals surface area contributed by atoms with Crippen LogP contribution in [0.15, 0.2) is 54.6 Å². The molecular weight excluding hydrogens is 340 g/mol. The molecule has 5 nitrogen and oxygen atoms in total. The Hall–Kier alpha value is -2.82. The van der Waals surface area contributed by atoms with E-state index in [0.29, 0.717) is 6.61 Å². The molecule has 5 atom stereocenters. The molecule has 3 aliphatic heterocycles. The Morgan fingerprint density at radius 2 is 1.78 bits per heavy atom. The lowest BCUT2D eigenvalue weighted by Crippen LogP contribution is -2.68. The van der Waals surface area contributed by atoms with Gasteiger partial charge in [-0.15, -0.1) is 0 Å². The molecule has 0 saturated carbocycles. The Labute approximate surface area is 158 Å². The number of hydrogen-bond donors (Lipinski definition) is 1. The second-order valence-electron chi connectivity index (χ2n) is 7.90. The summed E-state index contributed by atoms with van der Waals surface area (Å²) >= 11 is 0. The molecule has 3 aliphatic rings. The molecule has 2 saturated heterocycles. The fourth-order valence-corrected chi connectivity index (χ4v) is 5.29. The summed E-state index contributed by atoms with van der Waals surface area (Å²) < 4.78 is 6.07. The Balaban J connectivity index is 1.75. The maximum atomic E-state index is 13.3. The number of hydrogen-bond acceptors (Lipinski definition) is 3. The van der Waals surface area contributed by atoms with Crippen molar-refractivity contribution in [2.45, 2.75) is 37.4 Å². The Morgan fingerprint density at radius 1 is 1.07 bits per heavy atom. The number of amides is 2. The summed E-state index contributed by atoms with van der Waals surface area (Å²) in [6, 6.07) is 17.2.